The lowest BCUT2D eigenvalue weighted by Crippen LogP contribution is -2.40. The maximum atomic E-state index is 15.7. The number of azide groups is 1. The summed E-state index contributed by atoms with van der Waals surface area (Å²) in [6.45, 7) is 6.50. The number of aliphatic hydroxyl groups is 1. The van der Waals surface area contributed by atoms with E-state index in [1.165, 1.54) is 41.5 Å². The lowest BCUT2D eigenvalue weighted by Gasteiger charge is -2.26. The smallest absolute Gasteiger partial charge is 0.437 e. The van der Waals surface area contributed by atoms with E-state index in [-0.39, 0.29) is 0 Å². The fourth-order valence-electron chi connectivity index (χ4n) is 3.83. The van der Waals surface area contributed by atoms with Crippen LogP contribution in [-0.2, 0) is 41.9 Å². The molecule has 5 atom stereocenters. The summed E-state index contributed by atoms with van der Waals surface area (Å²) in [6.07, 6.45) is -5.24. The lowest BCUT2D eigenvalue weighted by atomic mass is 9.98. The monoisotopic (exact) mass is 607 g/mol. The number of H-pyrrole nitrogens is 1. The number of carbonyl (C=O) groups excluding carboxylic acids is 2. The number of rotatable bonds is 11. The fraction of sp³-hybridized carbons (Fsp3) is 0.727. The van der Waals surface area contributed by atoms with Crippen LogP contribution < -0.4 is 11.2 Å². The summed E-state index contributed by atoms with van der Waals surface area (Å²) in [5, 5.41) is 14.6. The predicted octanol–water partition coefficient (Wildman–Crippen LogP) is 1.82. The molecule has 0 spiro atoms. The number of nitrogens with one attached hydrogen (secondary N) is 1. The number of carbonyl (C=O) groups is 2. The molecule has 1 saturated heterocycles. The Labute approximate surface area is 232 Å². The number of hydrogen-bond acceptors (Lipinski definition) is 13. The van der Waals surface area contributed by atoms with Crippen LogP contribution >= 0.6 is 7.82 Å². The van der Waals surface area contributed by atoms with Gasteiger partial charge < -0.3 is 19.3 Å². The van der Waals surface area contributed by atoms with Crippen LogP contribution in [0.15, 0.2) is 27.0 Å². The molecule has 0 amide bonds. The molecule has 2 fully saturated rings. The number of halogens is 1. The van der Waals surface area contributed by atoms with Gasteiger partial charge in [-0.05, 0) is 47.1 Å². The Bertz CT molecular complexity index is 1360. The first-order valence-electron chi connectivity index (χ1n) is 12.1. The van der Waals surface area contributed by atoms with Crippen LogP contribution in [0.5, 0.6) is 0 Å². The van der Waals surface area contributed by atoms with E-state index in [0.29, 0.717) is 4.57 Å². The van der Waals surface area contributed by atoms with Crippen LogP contribution in [0.1, 0.15) is 47.8 Å². The van der Waals surface area contributed by atoms with Crippen LogP contribution in [0.25, 0.3) is 10.4 Å². The number of aromatic nitrogens is 2. The van der Waals surface area contributed by atoms with Gasteiger partial charge in [0.05, 0.1) is 17.4 Å². The second kappa shape index (κ2) is 11.3. The molecule has 0 aromatic carbocycles. The van der Waals surface area contributed by atoms with Crippen molar-refractivity contribution >= 4 is 19.8 Å². The van der Waals surface area contributed by atoms with Gasteiger partial charge >= 0.3 is 25.5 Å². The van der Waals surface area contributed by atoms with E-state index in [0.717, 1.165) is 12.3 Å². The number of aromatic amines is 1. The molecule has 0 bridgehead atoms. The highest BCUT2D eigenvalue weighted by molar-refractivity contribution is 7.48. The summed E-state index contributed by atoms with van der Waals surface area (Å²) in [6, 6.07) is 0.910. The molecule has 2 heterocycles. The maximum absolute atomic E-state index is 15.7. The third-order valence-electron chi connectivity index (χ3n) is 6.17. The Morgan fingerprint density at radius 1 is 1.17 bits per heavy atom. The molecule has 2 aliphatic rings. The number of phosphoric ester groups is 1. The van der Waals surface area contributed by atoms with Crippen LogP contribution in [0.2, 0.25) is 0 Å². The van der Waals surface area contributed by atoms with Gasteiger partial charge in [-0.2, -0.15) is 0 Å². The van der Waals surface area contributed by atoms with Gasteiger partial charge in [0.1, 0.15) is 11.7 Å². The van der Waals surface area contributed by atoms with Crippen LogP contribution in [-0.4, -0.2) is 70.2 Å². The van der Waals surface area contributed by atoms with Crippen LogP contribution in [0.4, 0.5) is 4.39 Å². The van der Waals surface area contributed by atoms with Crippen molar-refractivity contribution in [1.29, 1.82) is 0 Å². The number of fused-ring (bicyclic) bond motifs is 1. The van der Waals surface area contributed by atoms with Crippen molar-refractivity contribution in [3.8, 4) is 0 Å². The van der Waals surface area contributed by atoms with Gasteiger partial charge in [-0.1, -0.05) is 5.11 Å². The zero-order chi connectivity index (χ0) is 31.0. The molecule has 17 nitrogen and oxygen atoms in total. The van der Waals surface area contributed by atoms with E-state index in [9.17, 15) is 28.8 Å². The molecule has 1 aliphatic carbocycles. The molecular formula is C22H31FN5O12P. The average molecular weight is 607 g/mol. The number of alkyl halides is 1. The molecule has 0 radical (unpaired) electrons. The number of nitrogens with zero attached hydrogens (tertiary/aromatic N) is 4. The van der Waals surface area contributed by atoms with Crippen molar-refractivity contribution in [2.75, 3.05) is 20.1 Å². The molecule has 1 saturated carbocycles. The van der Waals surface area contributed by atoms with Crippen molar-refractivity contribution in [3.05, 3.63) is 43.5 Å². The second-order valence-electron chi connectivity index (χ2n) is 11.3. The van der Waals surface area contributed by atoms with Gasteiger partial charge in [-0.25, -0.2) is 22.8 Å². The Hall–Kier alpha value is -3.11. The maximum Gasteiger partial charge on any atom is 0.481 e. The first kappa shape index (κ1) is 32.4. The van der Waals surface area contributed by atoms with E-state index in [1.807, 2.05) is 4.98 Å². The number of esters is 2. The summed E-state index contributed by atoms with van der Waals surface area (Å²) in [5.41, 5.74) is 0.191. The Morgan fingerprint density at radius 3 is 2.17 bits per heavy atom. The second-order valence-corrected chi connectivity index (χ2v) is 12.9. The Kier molecular flexibility index (Phi) is 8.92. The largest absolute Gasteiger partial charge is 0.481 e. The summed E-state index contributed by atoms with van der Waals surface area (Å²) in [7, 11) is -4.95. The molecular weight excluding hydrogens is 576 g/mol. The number of phosphoric acid groups is 1. The molecule has 228 valence electrons. The summed E-state index contributed by atoms with van der Waals surface area (Å²) in [4.78, 5) is 52.3. The van der Waals surface area contributed by atoms with Gasteiger partial charge in [0, 0.05) is 17.2 Å². The van der Waals surface area contributed by atoms with Gasteiger partial charge in [-0.3, -0.25) is 28.5 Å². The standard InChI is InChI=1S/C22H31FN5O12P/c1-19(2,3)16(30)35-10-37-41(34,38-11-36-17(31)20(4,5)6)40-15-21(9-25-27-24)22(15,33)13(23)14(39-21)28-8-7-12(29)26-18(28)32/h7-8,13-15,33H,9-11H2,1-6H3,(H,26,29,32)/t13-,14+,15?,21+,22+/m0/s1. The van der Waals surface area contributed by atoms with Crippen LogP contribution in [0.3, 0.4) is 0 Å². The highest BCUT2D eigenvalue weighted by atomic mass is 31.2. The van der Waals surface area contributed by atoms with E-state index in [4.69, 9.17) is 33.3 Å². The predicted molar refractivity (Wildman–Crippen MR) is 134 cm³/mol. The zero-order valence-corrected chi connectivity index (χ0v) is 24.0. The Balaban J connectivity index is 1.87. The van der Waals surface area contributed by atoms with Crippen molar-refractivity contribution in [1.82, 2.24) is 9.55 Å². The van der Waals surface area contributed by atoms with Crippen molar-refractivity contribution in [2.45, 2.75) is 71.2 Å². The minimum Gasteiger partial charge on any atom is -0.437 e. The Morgan fingerprint density at radius 2 is 1.71 bits per heavy atom. The van der Waals surface area contributed by atoms with Crippen LogP contribution in [0, 0.1) is 10.8 Å². The van der Waals surface area contributed by atoms with Crippen molar-refractivity contribution in [3.63, 3.8) is 0 Å². The minimum atomic E-state index is -4.95. The summed E-state index contributed by atoms with van der Waals surface area (Å²) < 4.78 is 60.7. The molecule has 3 rings (SSSR count). The van der Waals surface area contributed by atoms with E-state index in [1.54, 1.807) is 0 Å². The molecule has 41 heavy (non-hydrogen) atoms. The third kappa shape index (κ3) is 6.38. The van der Waals surface area contributed by atoms with Crippen molar-refractivity contribution < 1.29 is 51.4 Å². The summed E-state index contributed by atoms with van der Waals surface area (Å²) in [5.74, 6) is -1.52. The normalized spacial score (nSPS) is 27.5. The zero-order valence-electron chi connectivity index (χ0n) is 23.1. The number of hydrogen-bond donors (Lipinski definition) is 2. The lowest BCUT2D eigenvalue weighted by molar-refractivity contribution is -0.164. The first-order valence-corrected chi connectivity index (χ1v) is 13.6. The van der Waals surface area contributed by atoms with Crippen molar-refractivity contribution in [2.24, 2.45) is 15.9 Å². The first-order chi connectivity index (χ1) is 18.8. The minimum absolute atomic E-state index is 0.648. The topological polar surface area (TPSA) is 230 Å². The van der Waals surface area contributed by atoms with E-state index >= 15 is 4.39 Å². The van der Waals surface area contributed by atoms with Gasteiger partial charge in [0.25, 0.3) is 5.56 Å². The fourth-order valence-corrected chi connectivity index (χ4v) is 4.98. The molecule has 1 aromatic heterocycles. The highest BCUT2D eigenvalue weighted by Crippen LogP contribution is 2.69. The quantitative estimate of drug-likeness (QED) is 0.0916. The molecule has 2 N–H and O–H groups in total. The molecule has 19 heteroatoms. The van der Waals surface area contributed by atoms with E-state index < -0.39 is 91.7 Å². The van der Waals surface area contributed by atoms with E-state index in [2.05, 4.69) is 10.0 Å². The SMILES string of the molecule is CC(C)(C)C(=O)OCOP(=O)(OCOC(=O)C(C)(C)C)OC1[C@@]2(CN=[N+]=[N-])O[C@@H](n3ccc(=O)[nH]c3=O)[C@H](F)[C@@]12O. The van der Waals surface area contributed by atoms with Gasteiger partial charge in [0.2, 0.25) is 13.6 Å². The average Bonchev–Trinajstić information content (AvgIpc) is 3.24. The molecule has 1 aliphatic heterocycles. The van der Waals surface area contributed by atoms with Gasteiger partial charge in [0.15, 0.2) is 18.0 Å². The molecule has 1 unspecified atom stereocenters. The third-order valence-corrected chi connectivity index (χ3v) is 7.49. The van der Waals surface area contributed by atoms with Gasteiger partial charge in [-0.15, -0.1) is 0 Å². The molecule has 1 aromatic rings. The summed E-state index contributed by atoms with van der Waals surface area (Å²) >= 11 is 0. The number of ether oxygens (including phenoxy) is 3. The highest BCUT2D eigenvalue weighted by Gasteiger charge is 2.90.